The van der Waals surface area contributed by atoms with Gasteiger partial charge in [0.25, 0.3) is 5.91 Å². The van der Waals surface area contributed by atoms with E-state index in [0.29, 0.717) is 17.4 Å². The Kier molecular flexibility index (Phi) is 4.06. The smallest absolute Gasteiger partial charge is 0.274 e. The number of hydrogen-bond acceptors (Lipinski definition) is 4. The van der Waals surface area contributed by atoms with Crippen molar-refractivity contribution in [3.05, 3.63) is 41.7 Å². The molecule has 1 aromatic carbocycles. The third-order valence-electron chi connectivity index (χ3n) is 5.16. The van der Waals surface area contributed by atoms with Gasteiger partial charge in [0.2, 0.25) is 0 Å². The number of aryl methyl sites for hydroxylation is 1. The molecule has 0 saturated carbocycles. The highest BCUT2D eigenvalue weighted by Crippen LogP contribution is 2.27. The Morgan fingerprint density at radius 3 is 2.79 bits per heavy atom. The second kappa shape index (κ2) is 6.36. The monoisotopic (exact) mass is 325 g/mol. The molecule has 6 heteroatoms. The summed E-state index contributed by atoms with van der Waals surface area (Å²) in [4.78, 5) is 16.7. The summed E-state index contributed by atoms with van der Waals surface area (Å²) in [6.07, 6.45) is 4.75. The van der Waals surface area contributed by atoms with E-state index >= 15 is 0 Å². The van der Waals surface area contributed by atoms with Crippen LogP contribution >= 0.6 is 0 Å². The van der Waals surface area contributed by atoms with Crippen molar-refractivity contribution >= 4 is 5.91 Å². The first-order valence-corrected chi connectivity index (χ1v) is 8.76. The molecule has 126 valence electrons. The molecule has 0 spiro atoms. The lowest BCUT2D eigenvalue weighted by Gasteiger charge is -2.32. The Balaban J connectivity index is 1.50. The van der Waals surface area contributed by atoms with Crippen molar-refractivity contribution in [2.45, 2.75) is 44.7 Å². The van der Waals surface area contributed by atoms with Crippen molar-refractivity contribution in [3.8, 4) is 5.69 Å². The van der Waals surface area contributed by atoms with Crippen molar-refractivity contribution in [3.63, 3.8) is 0 Å². The van der Waals surface area contributed by atoms with Crippen molar-refractivity contribution in [2.75, 3.05) is 13.1 Å². The summed E-state index contributed by atoms with van der Waals surface area (Å²) < 4.78 is 0. The van der Waals surface area contributed by atoms with E-state index in [1.54, 1.807) is 0 Å². The summed E-state index contributed by atoms with van der Waals surface area (Å²) in [5, 5.41) is 12.0. The molecule has 4 rings (SSSR count). The number of aromatic nitrogens is 3. The molecule has 2 aliphatic heterocycles. The second-order valence-corrected chi connectivity index (χ2v) is 6.73. The highest BCUT2D eigenvalue weighted by Gasteiger charge is 2.36. The van der Waals surface area contributed by atoms with E-state index in [1.165, 1.54) is 30.6 Å². The average Bonchev–Trinajstić information content (AvgIpc) is 3.20. The van der Waals surface area contributed by atoms with Gasteiger partial charge in [-0.1, -0.05) is 24.6 Å². The lowest BCUT2D eigenvalue weighted by atomic mass is 9.99. The van der Waals surface area contributed by atoms with Gasteiger partial charge in [-0.25, -0.2) is 0 Å². The molecule has 2 aromatic rings. The van der Waals surface area contributed by atoms with Gasteiger partial charge in [-0.05, 0) is 44.9 Å². The highest BCUT2D eigenvalue weighted by atomic mass is 16.2. The molecule has 1 aromatic heterocycles. The predicted molar refractivity (Wildman–Crippen MR) is 91.2 cm³/mol. The molecular weight excluding hydrogens is 302 g/mol. The maximum absolute atomic E-state index is 12.7. The van der Waals surface area contributed by atoms with Gasteiger partial charge in [0, 0.05) is 18.6 Å². The average molecular weight is 325 g/mol. The number of benzene rings is 1. The quantitative estimate of drug-likeness (QED) is 0.937. The Morgan fingerprint density at radius 2 is 1.96 bits per heavy atom. The van der Waals surface area contributed by atoms with Crippen LogP contribution in [0.25, 0.3) is 5.69 Å². The number of amides is 1. The van der Waals surface area contributed by atoms with Crippen LogP contribution in [0.2, 0.25) is 0 Å². The molecule has 2 aliphatic rings. The fourth-order valence-electron chi connectivity index (χ4n) is 3.92. The van der Waals surface area contributed by atoms with Crippen LogP contribution in [0, 0.1) is 6.92 Å². The number of rotatable bonds is 3. The highest BCUT2D eigenvalue weighted by molar-refractivity contribution is 5.93. The summed E-state index contributed by atoms with van der Waals surface area (Å²) in [5.41, 5.74) is 1.95. The molecule has 1 amide bonds. The van der Waals surface area contributed by atoms with Gasteiger partial charge in [0.15, 0.2) is 5.69 Å². The van der Waals surface area contributed by atoms with E-state index in [4.69, 9.17) is 0 Å². The van der Waals surface area contributed by atoms with Gasteiger partial charge < -0.3 is 5.32 Å². The lowest BCUT2D eigenvalue weighted by Crippen LogP contribution is -2.47. The van der Waals surface area contributed by atoms with Gasteiger partial charge in [0.05, 0.1) is 11.4 Å². The SMILES string of the molecule is Cc1nn(-c2ccccc2)nc1C(=O)N[C@@H]1CCN2CCCC[C@@H]12. The minimum atomic E-state index is -0.105. The third kappa shape index (κ3) is 2.82. The molecule has 0 unspecified atom stereocenters. The zero-order valence-electron chi connectivity index (χ0n) is 14.0. The van der Waals surface area contributed by atoms with E-state index < -0.39 is 0 Å². The molecule has 6 nitrogen and oxygen atoms in total. The van der Waals surface area contributed by atoms with E-state index in [2.05, 4.69) is 20.4 Å². The molecule has 0 aliphatic carbocycles. The van der Waals surface area contributed by atoms with E-state index in [0.717, 1.165) is 18.7 Å². The first-order chi connectivity index (χ1) is 11.7. The van der Waals surface area contributed by atoms with Crippen LogP contribution in [0.1, 0.15) is 41.9 Å². The molecule has 2 fully saturated rings. The number of nitrogens with zero attached hydrogens (tertiary/aromatic N) is 4. The first-order valence-electron chi connectivity index (χ1n) is 8.76. The van der Waals surface area contributed by atoms with E-state index in [1.807, 2.05) is 37.3 Å². The molecule has 24 heavy (non-hydrogen) atoms. The number of fused-ring (bicyclic) bond motifs is 1. The molecule has 1 N–H and O–H groups in total. The standard InChI is InChI=1S/C18H23N5O/c1-13-17(21-23(20-13)14-7-3-2-4-8-14)18(24)19-15-10-12-22-11-6-5-9-16(15)22/h2-4,7-8,15-16H,5-6,9-12H2,1H3,(H,19,24)/t15-,16+/m1/s1. The van der Waals surface area contributed by atoms with Gasteiger partial charge in [-0.2, -0.15) is 9.90 Å². The summed E-state index contributed by atoms with van der Waals surface area (Å²) in [6.45, 7) is 4.09. The Hall–Kier alpha value is -2.21. The van der Waals surface area contributed by atoms with Crippen LogP contribution in [0.3, 0.4) is 0 Å². The third-order valence-corrected chi connectivity index (χ3v) is 5.16. The van der Waals surface area contributed by atoms with Gasteiger partial charge in [0.1, 0.15) is 0 Å². The van der Waals surface area contributed by atoms with Gasteiger partial charge >= 0.3 is 0 Å². The summed E-state index contributed by atoms with van der Waals surface area (Å²) >= 11 is 0. The largest absolute Gasteiger partial charge is 0.346 e. The Morgan fingerprint density at radius 1 is 1.12 bits per heavy atom. The maximum Gasteiger partial charge on any atom is 0.274 e. The number of carbonyl (C=O) groups is 1. The van der Waals surface area contributed by atoms with E-state index in [-0.39, 0.29) is 11.9 Å². The number of piperidine rings is 1. The number of nitrogens with one attached hydrogen (secondary N) is 1. The minimum absolute atomic E-state index is 0.105. The second-order valence-electron chi connectivity index (χ2n) is 6.73. The van der Waals surface area contributed by atoms with Crippen LogP contribution in [0.4, 0.5) is 0 Å². The fourth-order valence-corrected chi connectivity index (χ4v) is 3.92. The zero-order chi connectivity index (χ0) is 16.5. The Labute approximate surface area is 141 Å². The summed E-state index contributed by atoms with van der Waals surface area (Å²) in [5.74, 6) is -0.105. The molecule has 0 radical (unpaired) electrons. The lowest BCUT2D eigenvalue weighted by molar-refractivity contribution is 0.0909. The molecule has 0 bridgehead atoms. The van der Waals surface area contributed by atoms with Gasteiger partial charge in [-0.3, -0.25) is 9.69 Å². The van der Waals surface area contributed by atoms with Crippen LogP contribution in [0.5, 0.6) is 0 Å². The maximum atomic E-state index is 12.7. The normalized spacial score (nSPS) is 23.9. The van der Waals surface area contributed by atoms with Crippen LogP contribution in [-0.4, -0.2) is 51.0 Å². The van der Waals surface area contributed by atoms with Crippen LogP contribution in [-0.2, 0) is 0 Å². The van der Waals surface area contributed by atoms with Crippen LogP contribution in [0.15, 0.2) is 30.3 Å². The fraction of sp³-hybridized carbons (Fsp3) is 0.500. The Bertz CT molecular complexity index is 726. The van der Waals surface area contributed by atoms with Crippen molar-refractivity contribution in [1.29, 1.82) is 0 Å². The topological polar surface area (TPSA) is 63.1 Å². The summed E-state index contributed by atoms with van der Waals surface area (Å²) in [7, 11) is 0. The zero-order valence-corrected chi connectivity index (χ0v) is 14.0. The number of carbonyl (C=O) groups excluding carboxylic acids is 1. The molecule has 3 heterocycles. The number of para-hydroxylation sites is 1. The predicted octanol–water partition coefficient (Wildman–Crippen LogP) is 1.93. The van der Waals surface area contributed by atoms with Crippen molar-refractivity contribution in [2.24, 2.45) is 0 Å². The van der Waals surface area contributed by atoms with Crippen LogP contribution < -0.4 is 5.32 Å². The molecule has 2 atom stereocenters. The molecular formula is C18H23N5O. The van der Waals surface area contributed by atoms with Gasteiger partial charge in [-0.15, -0.1) is 5.10 Å². The number of hydrogen-bond donors (Lipinski definition) is 1. The molecule has 2 saturated heterocycles. The summed E-state index contributed by atoms with van der Waals surface area (Å²) in [6, 6.07) is 10.4. The van der Waals surface area contributed by atoms with Crippen molar-refractivity contribution in [1.82, 2.24) is 25.2 Å². The van der Waals surface area contributed by atoms with Crippen molar-refractivity contribution < 1.29 is 4.79 Å². The first kappa shape index (κ1) is 15.3. The van der Waals surface area contributed by atoms with E-state index in [9.17, 15) is 4.79 Å². The minimum Gasteiger partial charge on any atom is -0.346 e.